The van der Waals surface area contributed by atoms with Crippen LogP contribution in [0.4, 0.5) is 10.6 Å². The molecule has 0 saturated heterocycles. The van der Waals surface area contributed by atoms with Gasteiger partial charge in [0.25, 0.3) is 0 Å². The summed E-state index contributed by atoms with van der Waals surface area (Å²) in [7, 11) is 0. The summed E-state index contributed by atoms with van der Waals surface area (Å²) in [6.07, 6.45) is 1.61. The topological polar surface area (TPSA) is 72.9 Å². The molecule has 1 aromatic carbocycles. The van der Waals surface area contributed by atoms with E-state index in [4.69, 9.17) is 5.73 Å². The van der Waals surface area contributed by atoms with E-state index in [0.29, 0.717) is 12.4 Å². The first kappa shape index (κ1) is 11.7. The minimum atomic E-state index is -0.598. The minimum absolute atomic E-state index is 0.560. The van der Waals surface area contributed by atoms with Crippen molar-refractivity contribution in [2.75, 3.05) is 5.32 Å². The standard InChI is InChI=1S/C11H11BrN4O/c12-9-4-2-1-3-8(9)7-16-10(5-6-14-16)15-11(13)17/h1-6H,7H2,(H3,13,15,17). The van der Waals surface area contributed by atoms with E-state index in [0.717, 1.165) is 10.0 Å². The van der Waals surface area contributed by atoms with E-state index in [2.05, 4.69) is 26.3 Å². The smallest absolute Gasteiger partial charge is 0.317 e. The Bertz CT molecular complexity index is 538. The van der Waals surface area contributed by atoms with E-state index in [1.54, 1.807) is 16.9 Å². The summed E-state index contributed by atoms with van der Waals surface area (Å²) >= 11 is 3.46. The number of nitrogens with two attached hydrogens (primary N) is 1. The molecule has 2 rings (SSSR count). The van der Waals surface area contributed by atoms with Gasteiger partial charge in [-0.05, 0) is 11.6 Å². The van der Waals surface area contributed by atoms with Gasteiger partial charge >= 0.3 is 6.03 Å². The van der Waals surface area contributed by atoms with Crippen LogP contribution in [0, 0.1) is 0 Å². The number of halogens is 1. The second-order valence-electron chi connectivity index (χ2n) is 3.45. The molecule has 0 atom stereocenters. The SMILES string of the molecule is NC(=O)Nc1ccnn1Cc1ccccc1Br. The Morgan fingerprint density at radius 2 is 2.18 bits per heavy atom. The first-order valence-corrected chi connectivity index (χ1v) is 5.78. The number of nitrogens with one attached hydrogen (secondary N) is 1. The fraction of sp³-hybridized carbons (Fsp3) is 0.0909. The molecule has 2 amide bonds. The lowest BCUT2D eigenvalue weighted by atomic mass is 10.2. The fourth-order valence-corrected chi connectivity index (χ4v) is 1.89. The van der Waals surface area contributed by atoms with Crippen molar-refractivity contribution in [3.05, 3.63) is 46.6 Å². The molecule has 0 unspecified atom stereocenters. The number of urea groups is 1. The number of hydrogen-bond acceptors (Lipinski definition) is 2. The number of benzene rings is 1. The maximum atomic E-state index is 10.8. The van der Waals surface area contributed by atoms with Crippen molar-refractivity contribution in [1.82, 2.24) is 9.78 Å². The number of rotatable bonds is 3. The average molecular weight is 295 g/mol. The average Bonchev–Trinajstić information content (AvgIpc) is 2.68. The summed E-state index contributed by atoms with van der Waals surface area (Å²) in [6.45, 7) is 0.560. The van der Waals surface area contributed by atoms with E-state index in [1.165, 1.54) is 0 Å². The van der Waals surface area contributed by atoms with Crippen LogP contribution < -0.4 is 11.1 Å². The third-order valence-corrected chi connectivity index (χ3v) is 3.02. The molecule has 1 heterocycles. The molecule has 0 fully saturated rings. The summed E-state index contributed by atoms with van der Waals surface area (Å²) in [5.41, 5.74) is 6.15. The van der Waals surface area contributed by atoms with E-state index in [1.807, 2.05) is 24.3 Å². The highest BCUT2D eigenvalue weighted by Crippen LogP contribution is 2.18. The van der Waals surface area contributed by atoms with Gasteiger partial charge in [0, 0.05) is 10.5 Å². The van der Waals surface area contributed by atoms with E-state index < -0.39 is 6.03 Å². The molecule has 6 heteroatoms. The number of carbonyl (C=O) groups excluding carboxylic acids is 1. The maximum absolute atomic E-state index is 10.8. The summed E-state index contributed by atoms with van der Waals surface area (Å²) in [6, 6.07) is 8.93. The van der Waals surface area contributed by atoms with Crippen LogP contribution in [-0.2, 0) is 6.54 Å². The number of hydrogen-bond donors (Lipinski definition) is 2. The first-order valence-electron chi connectivity index (χ1n) is 4.98. The van der Waals surface area contributed by atoms with Crippen LogP contribution in [0.25, 0.3) is 0 Å². The summed E-state index contributed by atoms with van der Waals surface area (Å²) in [5, 5.41) is 6.65. The first-order chi connectivity index (χ1) is 8.16. The van der Waals surface area contributed by atoms with Gasteiger partial charge in [-0.2, -0.15) is 5.10 Å². The van der Waals surface area contributed by atoms with Gasteiger partial charge in [-0.3, -0.25) is 5.32 Å². The van der Waals surface area contributed by atoms with Crippen molar-refractivity contribution >= 4 is 27.8 Å². The van der Waals surface area contributed by atoms with E-state index >= 15 is 0 Å². The Hall–Kier alpha value is -1.82. The number of anilines is 1. The molecule has 0 aliphatic rings. The molecule has 2 aromatic rings. The highest BCUT2D eigenvalue weighted by Gasteiger charge is 2.06. The highest BCUT2D eigenvalue weighted by atomic mass is 79.9. The van der Waals surface area contributed by atoms with Crippen LogP contribution in [0.1, 0.15) is 5.56 Å². The third-order valence-electron chi connectivity index (χ3n) is 2.25. The maximum Gasteiger partial charge on any atom is 0.317 e. The molecule has 3 N–H and O–H groups in total. The Morgan fingerprint density at radius 3 is 2.88 bits per heavy atom. The van der Waals surface area contributed by atoms with Crippen molar-refractivity contribution < 1.29 is 4.79 Å². The van der Waals surface area contributed by atoms with Gasteiger partial charge in [-0.15, -0.1) is 0 Å². The zero-order valence-electron chi connectivity index (χ0n) is 8.93. The number of aromatic nitrogens is 2. The molecular weight excluding hydrogens is 284 g/mol. The zero-order chi connectivity index (χ0) is 12.3. The normalized spacial score (nSPS) is 10.2. The third kappa shape index (κ3) is 2.85. The molecular formula is C11H11BrN4O. The lowest BCUT2D eigenvalue weighted by Crippen LogP contribution is -2.21. The van der Waals surface area contributed by atoms with Crippen LogP contribution in [-0.4, -0.2) is 15.8 Å². The van der Waals surface area contributed by atoms with Crippen molar-refractivity contribution in [2.45, 2.75) is 6.54 Å². The van der Waals surface area contributed by atoms with Crippen molar-refractivity contribution in [3.8, 4) is 0 Å². The van der Waals surface area contributed by atoms with Gasteiger partial charge in [0.15, 0.2) is 0 Å². The van der Waals surface area contributed by atoms with Gasteiger partial charge in [-0.1, -0.05) is 34.1 Å². The molecule has 0 bridgehead atoms. The fourth-order valence-electron chi connectivity index (χ4n) is 1.48. The second kappa shape index (κ2) is 5.01. The predicted molar refractivity (Wildman–Crippen MR) is 68.7 cm³/mol. The van der Waals surface area contributed by atoms with Crippen molar-refractivity contribution in [1.29, 1.82) is 0 Å². The van der Waals surface area contributed by atoms with E-state index in [-0.39, 0.29) is 0 Å². The molecule has 88 valence electrons. The monoisotopic (exact) mass is 294 g/mol. The lowest BCUT2D eigenvalue weighted by Gasteiger charge is -2.08. The molecule has 0 spiro atoms. The summed E-state index contributed by atoms with van der Waals surface area (Å²) in [4.78, 5) is 10.8. The van der Waals surface area contributed by atoms with Gasteiger partial charge in [0.2, 0.25) is 0 Å². The Labute approximate surface area is 107 Å². The van der Waals surface area contributed by atoms with E-state index in [9.17, 15) is 4.79 Å². The molecule has 0 aliphatic carbocycles. The molecule has 0 saturated carbocycles. The molecule has 1 aromatic heterocycles. The van der Waals surface area contributed by atoms with Crippen molar-refractivity contribution in [3.63, 3.8) is 0 Å². The van der Waals surface area contributed by atoms with Gasteiger partial charge in [0.05, 0.1) is 12.7 Å². The highest BCUT2D eigenvalue weighted by molar-refractivity contribution is 9.10. The Balaban J connectivity index is 2.22. The van der Waals surface area contributed by atoms with Gasteiger partial charge in [0.1, 0.15) is 5.82 Å². The molecule has 0 aliphatic heterocycles. The van der Waals surface area contributed by atoms with Crippen molar-refractivity contribution in [2.24, 2.45) is 5.73 Å². The lowest BCUT2D eigenvalue weighted by molar-refractivity contribution is 0.259. The molecule has 0 radical (unpaired) electrons. The number of carbonyl (C=O) groups is 1. The predicted octanol–water partition coefficient (Wildman–Crippen LogP) is 2.18. The quantitative estimate of drug-likeness (QED) is 0.911. The largest absolute Gasteiger partial charge is 0.351 e. The van der Waals surface area contributed by atoms with Crippen LogP contribution >= 0.6 is 15.9 Å². The minimum Gasteiger partial charge on any atom is -0.351 e. The molecule has 5 nitrogen and oxygen atoms in total. The summed E-state index contributed by atoms with van der Waals surface area (Å²) in [5.74, 6) is 0.577. The van der Waals surface area contributed by atoms with Gasteiger partial charge < -0.3 is 5.73 Å². The van der Waals surface area contributed by atoms with Crippen LogP contribution in [0.3, 0.4) is 0 Å². The molecule has 17 heavy (non-hydrogen) atoms. The van der Waals surface area contributed by atoms with Gasteiger partial charge in [-0.25, -0.2) is 9.48 Å². The van der Waals surface area contributed by atoms with Crippen LogP contribution in [0.2, 0.25) is 0 Å². The van der Waals surface area contributed by atoms with Crippen LogP contribution in [0.5, 0.6) is 0 Å². The zero-order valence-corrected chi connectivity index (χ0v) is 10.5. The number of amides is 2. The number of primary amides is 1. The second-order valence-corrected chi connectivity index (χ2v) is 4.31. The Morgan fingerprint density at radius 1 is 1.41 bits per heavy atom. The summed E-state index contributed by atoms with van der Waals surface area (Å²) < 4.78 is 2.67. The Kier molecular flexibility index (Phi) is 3.43. The van der Waals surface area contributed by atoms with Crippen LogP contribution in [0.15, 0.2) is 41.0 Å². The number of nitrogens with zero attached hydrogens (tertiary/aromatic N) is 2.